The summed E-state index contributed by atoms with van der Waals surface area (Å²) in [6, 6.07) is 72.5. The molecule has 292 valence electrons. The minimum absolute atomic E-state index is 0.652. The fourth-order valence-electron chi connectivity index (χ4n) is 9.66. The lowest BCUT2D eigenvalue weighted by Gasteiger charge is -2.14. The van der Waals surface area contributed by atoms with Gasteiger partial charge in [0.25, 0.3) is 0 Å². The molecule has 0 spiro atoms. The van der Waals surface area contributed by atoms with Gasteiger partial charge in [-0.1, -0.05) is 190 Å². The van der Waals surface area contributed by atoms with Gasteiger partial charge < -0.3 is 0 Å². The molecule has 0 aliphatic rings. The van der Waals surface area contributed by atoms with Gasteiger partial charge in [-0.3, -0.25) is 4.57 Å². The predicted octanol–water partition coefficient (Wildman–Crippen LogP) is 16.6. The van der Waals surface area contributed by atoms with Gasteiger partial charge in [-0.05, 0) is 73.3 Å². The highest BCUT2D eigenvalue weighted by molar-refractivity contribution is 7.26. The molecule has 4 heteroatoms. The highest BCUT2D eigenvalue weighted by atomic mass is 32.1. The standard InChI is InChI=1S/C56H33N3S.C2H6/c1-4-15-40-34(11-1)14-9-19-41(40)37-23-25-38(26-24-37)54-45-18-7-8-22-48(45)57-56(58-54)59-49-31-28-35-12-2-5-16-42(35)52(49)47-21-10-20-44(55(47)59)39-27-30-46-51(33-39)60-50-32-29-36-13-3-6-17-43(36)53(46)50;1-2/h1-33H;1-2H3. The summed E-state index contributed by atoms with van der Waals surface area (Å²) in [6.45, 7) is 4.00. The molecule has 0 amide bonds. The van der Waals surface area contributed by atoms with E-state index < -0.39 is 0 Å². The fourth-order valence-corrected chi connectivity index (χ4v) is 10.8. The Morgan fingerprint density at radius 1 is 0.387 bits per heavy atom. The van der Waals surface area contributed by atoms with Crippen LogP contribution in [0.25, 0.3) is 125 Å². The second-order valence-corrected chi connectivity index (χ2v) is 16.8. The maximum absolute atomic E-state index is 5.54. The Labute approximate surface area is 362 Å². The molecule has 0 atom stereocenters. The summed E-state index contributed by atoms with van der Waals surface area (Å²) in [5.41, 5.74) is 9.76. The lowest BCUT2D eigenvalue weighted by Crippen LogP contribution is -2.04. The van der Waals surface area contributed by atoms with E-state index in [-0.39, 0.29) is 0 Å². The summed E-state index contributed by atoms with van der Waals surface area (Å²) in [5.74, 6) is 0.652. The largest absolute Gasteiger partial charge is 0.277 e. The van der Waals surface area contributed by atoms with Crippen molar-refractivity contribution in [1.29, 1.82) is 0 Å². The Hall–Kier alpha value is -7.66. The number of fused-ring (bicyclic) bond motifs is 12. The Morgan fingerprint density at radius 2 is 0.968 bits per heavy atom. The molecule has 3 heterocycles. The average molecular weight is 810 g/mol. The van der Waals surface area contributed by atoms with Crippen molar-refractivity contribution in [3.8, 4) is 39.5 Å². The van der Waals surface area contributed by atoms with Crippen molar-refractivity contribution in [2.75, 3.05) is 0 Å². The summed E-state index contributed by atoms with van der Waals surface area (Å²) in [4.78, 5) is 10.9. The quantitative estimate of drug-likeness (QED) is 0.177. The Morgan fingerprint density at radius 3 is 1.76 bits per heavy atom. The second-order valence-electron chi connectivity index (χ2n) is 15.7. The molecule has 0 unspecified atom stereocenters. The smallest absolute Gasteiger partial charge is 0.235 e. The summed E-state index contributed by atoms with van der Waals surface area (Å²) in [7, 11) is 0. The van der Waals surface area contributed by atoms with Gasteiger partial charge in [0.05, 0.1) is 22.2 Å². The molecule has 0 saturated carbocycles. The molecule has 0 saturated heterocycles. The van der Waals surface area contributed by atoms with Crippen LogP contribution in [-0.4, -0.2) is 14.5 Å². The van der Waals surface area contributed by atoms with Gasteiger partial charge in [0.15, 0.2) is 0 Å². The number of rotatable bonds is 4. The summed E-state index contributed by atoms with van der Waals surface area (Å²) in [5, 5.41) is 13.5. The van der Waals surface area contributed by atoms with Crippen LogP contribution >= 0.6 is 11.3 Å². The first-order valence-electron chi connectivity index (χ1n) is 21.4. The van der Waals surface area contributed by atoms with E-state index in [2.05, 4.69) is 205 Å². The van der Waals surface area contributed by atoms with Crippen LogP contribution in [-0.2, 0) is 0 Å². The summed E-state index contributed by atoms with van der Waals surface area (Å²) >= 11 is 1.87. The zero-order valence-corrected chi connectivity index (χ0v) is 35.1. The van der Waals surface area contributed by atoms with E-state index in [1.54, 1.807) is 0 Å². The molecule has 13 aromatic rings. The Balaban J connectivity index is 0.00000202. The van der Waals surface area contributed by atoms with Crippen LogP contribution in [0.4, 0.5) is 0 Å². The van der Waals surface area contributed by atoms with Gasteiger partial charge in [0, 0.05) is 47.5 Å². The maximum Gasteiger partial charge on any atom is 0.235 e. The first-order chi connectivity index (χ1) is 30.7. The average Bonchev–Trinajstić information content (AvgIpc) is 3.90. The SMILES string of the molecule is CC.c1ccc2c(-c3ccc(-c4nc(-n5c6ccc7ccccc7c6c6cccc(-c7ccc8c(c7)sc7ccc9ccccc9c78)c65)nc5ccccc45)cc3)cccc2c1. The first-order valence-corrected chi connectivity index (χ1v) is 22.2. The van der Waals surface area contributed by atoms with Crippen molar-refractivity contribution in [1.82, 2.24) is 14.5 Å². The van der Waals surface area contributed by atoms with Crippen LogP contribution in [0.5, 0.6) is 0 Å². The maximum atomic E-state index is 5.54. The molecule has 62 heavy (non-hydrogen) atoms. The molecule has 0 aliphatic heterocycles. The van der Waals surface area contributed by atoms with E-state index in [0.717, 1.165) is 38.8 Å². The van der Waals surface area contributed by atoms with Crippen LogP contribution in [0.2, 0.25) is 0 Å². The second kappa shape index (κ2) is 14.5. The van der Waals surface area contributed by atoms with Crippen LogP contribution in [0.3, 0.4) is 0 Å². The normalized spacial score (nSPS) is 11.7. The third kappa shape index (κ3) is 5.57. The van der Waals surface area contributed by atoms with Crippen molar-refractivity contribution in [3.05, 3.63) is 200 Å². The molecule has 13 rings (SSSR count). The predicted molar refractivity (Wildman–Crippen MR) is 267 cm³/mol. The lowest BCUT2D eigenvalue weighted by atomic mass is 9.96. The van der Waals surface area contributed by atoms with E-state index in [9.17, 15) is 0 Å². The van der Waals surface area contributed by atoms with E-state index >= 15 is 0 Å². The molecule has 3 aromatic heterocycles. The first kappa shape index (κ1) is 36.2. The van der Waals surface area contributed by atoms with Crippen molar-refractivity contribution in [2.45, 2.75) is 13.8 Å². The van der Waals surface area contributed by atoms with Gasteiger partial charge in [-0.15, -0.1) is 11.3 Å². The van der Waals surface area contributed by atoms with Crippen LogP contribution in [0.15, 0.2) is 200 Å². The van der Waals surface area contributed by atoms with Crippen molar-refractivity contribution in [2.24, 2.45) is 0 Å². The topological polar surface area (TPSA) is 30.7 Å². The minimum atomic E-state index is 0.652. The number of nitrogens with zero attached hydrogens (tertiary/aromatic N) is 3. The molecular weight excluding hydrogens is 771 g/mol. The third-order valence-electron chi connectivity index (χ3n) is 12.4. The van der Waals surface area contributed by atoms with Crippen molar-refractivity contribution < 1.29 is 0 Å². The van der Waals surface area contributed by atoms with Gasteiger partial charge in [-0.25, -0.2) is 9.97 Å². The highest BCUT2D eigenvalue weighted by Gasteiger charge is 2.22. The zero-order chi connectivity index (χ0) is 41.3. The Bertz CT molecular complexity index is 3890. The fraction of sp³-hybridized carbons (Fsp3) is 0.0345. The molecule has 3 nitrogen and oxygen atoms in total. The molecule has 10 aromatic carbocycles. The molecule has 0 aliphatic carbocycles. The van der Waals surface area contributed by atoms with E-state index in [1.807, 2.05) is 25.2 Å². The van der Waals surface area contributed by atoms with E-state index in [1.165, 1.54) is 80.0 Å². The third-order valence-corrected chi connectivity index (χ3v) is 13.5. The molecular formula is C58H39N3S. The van der Waals surface area contributed by atoms with Crippen LogP contribution in [0.1, 0.15) is 13.8 Å². The number of thiophene rings is 1. The van der Waals surface area contributed by atoms with E-state index in [0.29, 0.717) is 5.95 Å². The van der Waals surface area contributed by atoms with Gasteiger partial charge in [-0.2, -0.15) is 0 Å². The molecule has 0 N–H and O–H groups in total. The number of hydrogen-bond acceptors (Lipinski definition) is 3. The van der Waals surface area contributed by atoms with Gasteiger partial charge >= 0.3 is 0 Å². The minimum Gasteiger partial charge on any atom is -0.277 e. The van der Waals surface area contributed by atoms with Crippen molar-refractivity contribution >= 4 is 96.5 Å². The number of aromatic nitrogens is 3. The van der Waals surface area contributed by atoms with Gasteiger partial charge in [0.2, 0.25) is 5.95 Å². The number of benzene rings is 10. The summed E-state index contributed by atoms with van der Waals surface area (Å²) < 4.78 is 4.90. The van der Waals surface area contributed by atoms with Crippen LogP contribution < -0.4 is 0 Å². The van der Waals surface area contributed by atoms with Crippen LogP contribution in [0, 0.1) is 0 Å². The monoisotopic (exact) mass is 809 g/mol. The number of para-hydroxylation sites is 2. The van der Waals surface area contributed by atoms with Gasteiger partial charge in [0.1, 0.15) is 0 Å². The highest BCUT2D eigenvalue weighted by Crippen LogP contribution is 2.44. The molecule has 0 bridgehead atoms. The molecule has 0 radical (unpaired) electrons. The molecule has 0 fully saturated rings. The Kier molecular flexibility index (Phi) is 8.48. The van der Waals surface area contributed by atoms with E-state index in [4.69, 9.17) is 9.97 Å². The zero-order valence-electron chi connectivity index (χ0n) is 34.3. The van der Waals surface area contributed by atoms with Crippen molar-refractivity contribution in [3.63, 3.8) is 0 Å². The number of hydrogen-bond donors (Lipinski definition) is 0. The summed E-state index contributed by atoms with van der Waals surface area (Å²) in [6.07, 6.45) is 0. The lowest BCUT2D eigenvalue weighted by molar-refractivity contribution is 1.01.